The molecule has 0 aromatic carbocycles. The van der Waals surface area contributed by atoms with E-state index in [9.17, 15) is 0 Å². The van der Waals surface area contributed by atoms with Crippen LogP contribution in [0.15, 0.2) is 29.0 Å². The summed E-state index contributed by atoms with van der Waals surface area (Å²) in [5.74, 6) is 1.70. The molecule has 0 aliphatic rings. The molecule has 0 fully saturated rings. The molecule has 0 aliphatic carbocycles. The van der Waals surface area contributed by atoms with Crippen LogP contribution in [0.3, 0.4) is 0 Å². The third-order valence-corrected chi connectivity index (χ3v) is 2.09. The number of anilines is 1. The topological polar surface area (TPSA) is 51.0 Å². The lowest BCUT2D eigenvalue weighted by atomic mass is 10.4. The third-order valence-electron chi connectivity index (χ3n) is 2.09. The maximum Gasteiger partial charge on any atom is 0.148 e. The second-order valence-corrected chi connectivity index (χ2v) is 3.38. The number of rotatable bonds is 3. The van der Waals surface area contributed by atoms with E-state index in [4.69, 9.17) is 4.42 Å². The SMILES string of the molecule is Cc1cnc(C)c(NCc2ccco2)n1. The van der Waals surface area contributed by atoms with E-state index in [1.54, 1.807) is 12.5 Å². The van der Waals surface area contributed by atoms with Gasteiger partial charge in [0, 0.05) is 6.20 Å². The molecule has 1 N–H and O–H groups in total. The lowest BCUT2D eigenvalue weighted by molar-refractivity contribution is 0.517. The maximum absolute atomic E-state index is 5.21. The predicted octanol–water partition coefficient (Wildman–Crippen LogP) is 2.30. The van der Waals surface area contributed by atoms with Crippen LogP contribution in [0, 0.1) is 13.8 Å². The van der Waals surface area contributed by atoms with Gasteiger partial charge in [-0.3, -0.25) is 4.98 Å². The Labute approximate surface area is 88.4 Å². The van der Waals surface area contributed by atoms with Gasteiger partial charge in [-0.25, -0.2) is 4.98 Å². The normalized spacial score (nSPS) is 10.3. The summed E-state index contributed by atoms with van der Waals surface area (Å²) < 4.78 is 5.21. The quantitative estimate of drug-likeness (QED) is 0.831. The van der Waals surface area contributed by atoms with Crippen molar-refractivity contribution in [1.82, 2.24) is 9.97 Å². The lowest BCUT2D eigenvalue weighted by Crippen LogP contribution is -2.04. The van der Waals surface area contributed by atoms with Gasteiger partial charge in [-0.05, 0) is 26.0 Å². The van der Waals surface area contributed by atoms with E-state index in [-0.39, 0.29) is 0 Å². The minimum atomic E-state index is 0.631. The highest BCUT2D eigenvalue weighted by Gasteiger charge is 2.02. The van der Waals surface area contributed by atoms with Crippen molar-refractivity contribution in [3.63, 3.8) is 0 Å². The molecule has 2 rings (SSSR count). The Kier molecular flexibility index (Phi) is 2.67. The van der Waals surface area contributed by atoms with Gasteiger partial charge in [0.1, 0.15) is 11.6 Å². The Bertz CT molecular complexity index is 437. The average molecular weight is 203 g/mol. The monoisotopic (exact) mass is 203 g/mol. The molecule has 0 spiro atoms. The van der Waals surface area contributed by atoms with E-state index >= 15 is 0 Å². The highest BCUT2D eigenvalue weighted by atomic mass is 16.3. The van der Waals surface area contributed by atoms with E-state index in [1.165, 1.54) is 0 Å². The maximum atomic E-state index is 5.21. The smallest absolute Gasteiger partial charge is 0.148 e. The zero-order valence-corrected chi connectivity index (χ0v) is 8.82. The average Bonchev–Trinajstić information content (AvgIpc) is 2.72. The first-order chi connectivity index (χ1) is 7.25. The van der Waals surface area contributed by atoms with Crippen molar-refractivity contribution in [1.29, 1.82) is 0 Å². The predicted molar refractivity (Wildman–Crippen MR) is 57.5 cm³/mol. The summed E-state index contributed by atoms with van der Waals surface area (Å²) in [6, 6.07) is 3.79. The molecule has 2 aromatic rings. The van der Waals surface area contributed by atoms with Crippen molar-refractivity contribution in [3.8, 4) is 0 Å². The largest absolute Gasteiger partial charge is 0.467 e. The van der Waals surface area contributed by atoms with Crippen LogP contribution in [0.4, 0.5) is 5.82 Å². The van der Waals surface area contributed by atoms with E-state index in [0.29, 0.717) is 6.54 Å². The van der Waals surface area contributed by atoms with Crippen molar-refractivity contribution in [2.45, 2.75) is 20.4 Å². The molecule has 15 heavy (non-hydrogen) atoms. The van der Waals surface area contributed by atoms with Crippen LogP contribution >= 0.6 is 0 Å². The van der Waals surface area contributed by atoms with Gasteiger partial charge in [-0.1, -0.05) is 0 Å². The number of hydrogen-bond donors (Lipinski definition) is 1. The fraction of sp³-hybridized carbons (Fsp3) is 0.273. The highest BCUT2D eigenvalue weighted by Crippen LogP contribution is 2.10. The fourth-order valence-corrected chi connectivity index (χ4v) is 1.29. The van der Waals surface area contributed by atoms with Gasteiger partial charge in [0.2, 0.25) is 0 Å². The van der Waals surface area contributed by atoms with Crippen molar-refractivity contribution < 1.29 is 4.42 Å². The van der Waals surface area contributed by atoms with E-state index in [1.807, 2.05) is 26.0 Å². The van der Waals surface area contributed by atoms with E-state index in [0.717, 1.165) is 23.0 Å². The summed E-state index contributed by atoms with van der Waals surface area (Å²) in [5, 5.41) is 3.19. The summed E-state index contributed by atoms with van der Waals surface area (Å²) in [6.45, 7) is 4.48. The standard InChI is InChI=1S/C11H13N3O/c1-8-6-12-9(2)11(14-8)13-7-10-4-3-5-15-10/h3-6H,7H2,1-2H3,(H,13,14). The second kappa shape index (κ2) is 4.13. The van der Waals surface area contributed by atoms with Gasteiger partial charge in [0.05, 0.1) is 24.2 Å². The van der Waals surface area contributed by atoms with Gasteiger partial charge >= 0.3 is 0 Å². The van der Waals surface area contributed by atoms with Gasteiger partial charge in [-0.15, -0.1) is 0 Å². The first-order valence-electron chi connectivity index (χ1n) is 4.82. The summed E-state index contributed by atoms with van der Waals surface area (Å²) in [5.41, 5.74) is 1.80. The number of aryl methyl sites for hydroxylation is 2. The van der Waals surface area contributed by atoms with Crippen molar-refractivity contribution in [2.75, 3.05) is 5.32 Å². The Morgan fingerprint density at radius 2 is 2.27 bits per heavy atom. The number of hydrogen-bond acceptors (Lipinski definition) is 4. The fourth-order valence-electron chi connectivity index (χ4n) is 1.29. The molecule has 0 aliphatic heterocycles. The molecule has 0 amide bonds. The van der Waals surface area contributed by atoms with Crippen molar-refractivity contribution >= 4 is 5.82 Å². The van der Waals surface area contributed by atoms with Crippen LogP contribution in [0.25, 0.3) is 0 Å². The molecule has 0 saturated heterocycles. The highest BCUT2D eigenvalue weighted by molar-refractivity contribution is 5.39. The molecule has 0 unspecified atom stereocenters. The Hall–Kier alpha value is -1.84. The van der Waals surface area contributed by atoms with Crippen LogP contribution in [0.1, 0.15) is 17.1 Å². The second-order valence-electron chi connectivity index (χ2n) is 3.38. The molecule has 0 saturated carbocycles. The summed E-state index contributed by atoms with van der Waals surface area (Å²) in [6.07, 6.45) is 3.42. The Morgan fingerprint density at radius 1 is 1.40 bits per heavy atom. The Morgan fingerprint density at radius 3 is 3.00 bits per heavy atom. The molecule has 78 valence electrons. The number of nitrogens with zero attached hydrogens (tertiary/aromatic N) is 2. The summed E-state index contributed by atoms with van der Waals surface area (Å²) >= 11 is 0. The zero-order valence-electron chi connectivity index (χ0n) is 8.82. The molecule has 0 atom stereocenters. The molecular weight excluding hydrogens is 190 g/mol. The van der Waals surface area contributed by atoms with Crippen molar-refractivity contribution in [2.24, 2.45) is 0 Å². The van der Waals surface area contributed by atoms with Gasteiger partial charge in [0.15, 0.2) is 0 Å². The van der Waals surface area contributed by atoms with Crippen LogP contribution in [0.2, 0.25) is 0 Å². The number of aromatic nitrogens is 2. The lowest BCUT2D eigenvalue weighted by Gasteiger charge is -2.06. The molecular formula is C11H13N3O. The molecule has 4 heteroatoms. The summed E-state index contributed by atoms with van der Waals surface area (Å²) in [7, 11) is 0. The van der Waals surface area contributed by atoms with Crippen molar-refractivity contribution in [3.05, 3.63) is 41.7 Å². The molecule has 2 heterocycles. The Balaban J connectivity index is 2.07. The molecule has 2 aromatic heterocycles. The van der Waals surface area contributed by atoms with Gasteiger partial charge in [0.25, 0.3) is 0 Å². The summed E-state index contributed by atoms with van der Waals surface area (Å²) in [4.78, 5) is 8.58. The minimum Gasteiger partial charge on any atom is -0.467 e. The third kappa shape index (κ3) is 2.34. The van der Waals surface area contributed by atoms with Crippen LogP contribution in [-0.2, 0) is 6.54 Å². The molecule has 4 nitrogen and oxygen atoms in total. The van der Waals surface area contributed by atoms with Gasteiger partial charge < -0.3 is 9.73 Å². The molecule has 0 bridgehead atoms. The van der Waals surface area contributed by atoms with E-state index in [2.05, 4.69) is 15.3 Å². The van der Waals surface area contributed by atoms with Crippen LogP contribution in [0.5, 0.6) is 0 Å². The van der Waals surface area contributed by atoms with Crippen LogP contribution < -0.4 is 5.32 Å². The first-order valence-corrected chi connectivity index (χ1v) is 4.82. The van der Waals surface area contributed by atoms with Crippen LogP contribution in [-0.4, -0.2) is 9.97 Å². The zero-order chi connectivity index (χ0) is 10.7. The minimum absolute atomic E-state index is 0.631. The van der Waals surface area contributed by atoms with Gasteiger partial charge in [-0.2, -0.15) is 0 Å². The number of furan rings is 1. The first kappa shape index (κ1) is 9.71. The van der Waals surface area contributed by atoms with E-state index < -0.39 is 0 Å². The number of nitrogens with one attached hydrogen (secondary N) is 1. The molecule has 0 radical (unpaired) electrons.